The Morgan fingerprint density at radius 2 is 1.51 bits per heavy atom. The van der Waals surface area contributed by atoms with E-state index in [9.17, 15) is 35.1 Å². The number of phenols is 3. The first-order valence-corrected chi connectivity index (χ1v) is 12.1. The molecule has 0 saturated carbocycles. The lowest BCUT2D eigenvalue weighted by molar-refractivity contribution is -0.304. The predicted molar refractivity (Wildman–Crippen MR) is 134 cm³/mol. The van der Waals surface area contributed by atoms with Gasteiger partial charge in [-0.1, -0.05) is 24.3 Å². The number of aliphatic hydroxyl groups excluding tert-OH is 3. The molecule has 6 N–H and O–H groups in total. The highest BCUT2D eigenvalue weighted by Gasteiger charge is 2.50. The van der Waals surface area contributed by atoms with Crippen molar-refractivity contribution in [1.29, 1.82) is 0 Å². The summed E-state index contributed by atoms with van der Waals surface area (Å²) in [6.45, 7) is 0.693. The number of esters is 2. The molecular weight excluding hydrogens is 516 g/mol. The molecule has 39 heavy (non-hydrogen) atoms. The second-order valence-electron chi connectivity index (χ2n) is 9.01. The van der Waals surface area contributed by atoms with Crippen LogP contribution in [0.1, 0.15) is 18.1 Å². The van der Waals surface area contributed by atoms with Gasteiger partial charge in [-0.05, 0) is 47.9 Å². The van der Waals surface area contributed by atoms with E-state index in [0.29, 0.717) is 16.7 Å². The molecule has 0 aromatic heterocycles. The van der Waals surface area contributed by atoms with Crippen LogP contribution in [0.5, 0.6) is 17.2 Å². The number of carbonyl (C=O) groups excluding carboxylic acids is 2. The smallest absolute Gasteiger partial charge is 0.310 e. The molecule has 12 nitrogen and oxygen atoms in total. The number of benzene rings is 2. The largest absolute Gasteiger partial charge is 0.508 e. The minimum absolute atomic E-state index is 0.0113. The van der Waals surface area contributed by atoms with Crippen molar-refractivity contribution < 1.29 is 59.2 Å². The van der Waals surface area contributed by atoms with E-state index in [1.807, 2.05) is 0 Å². The van der Waals surface area contributed by atoms with Gasteiger partial charge in [0, 0.05) is 0 Å². The third-order valence-electron chi connectivity index (χ3n) is 5.92. The zero-order valence-corrected chi connectivity index (χ0v) is 21.2. The molecule has 0 amide bonds. The van der Waals surface area contributed by atoms with Crippen LogP contribution in [0, 0.1) is 0 Å². The van der Waals surface area contributed by atoms with Crippen LogP contribution in [0.15, 0.2) is 54.1 Å². The van der Waals surface area contributed by atoms with Gasteiger partial charge in [0.05, 0.1) is 32.7 Å². The molecule has 12 heteroatoms. The van der Waals surface area contributed by atoms with Crippen LogP contribution in [-0.2, 0) is 41.4 Å². The van der Waals surface area contributed by atoms with Gasteiger partial charge in [0.2, 0.25) is 0 Å². The van der Waals surface area contributed by atoms with Crippen molar-refractivity contribution in [2.45, 2.75) is 50.5 Å². The fourth-order valence-corrected chi connectivity index (χ4v) is 3.88. The molecule has 2 aromatic rings. The van der Waals surface area contributed by atoms with Crippen molar-refractivity contribution in [3.05, 3.63) is 65.2 Å². The maximum Gasteiger partial charge on any atom is 0.310 e. The van der Waals surface area contributed by atoms with Crippen molar-refractivity contribution in [1.82, 2.24) is 0 Å². The average molecular weight is 549 g/mol. The summed E-state index contributed by atoms with van der Waals surface area (Å²) in [7, 11) is 0. The second kappa shape index (κ2) is 13.9. The lowest BCUT2D eigenvalue weighted by Gasteiger charge is -2.42. The van der Waals surface area contributed by atoms with Crippen molar-refractivity contribution in [3.63, 3.8) is 0 Å². The number of hydrogen-bond acceptors (Lipinski definition) is 12. The molecule has 212 valence electrons. The normalized spacial score (nSPS) is 23.3. The van der Waals surface area contributed by atoms with Gasteiger partial charge in [-0.3, -0.25) is 9.59 Å². The maximum absolute atomic E-state index is 12.9. The minimum atomic E-state index is -1.59. The Morgan fingerprint density at radius 3 is 2.13 bits per heavy atom. The van der Waals surface area contributed by atoms with Gasteiger partial charge in [-0.15, -0.1) is 0 Å². The summed E-state index contributed by atoms with van der Waals surface area (Å²) < 4.78 is 22.4. The van der Waals surface area contributed by atoms with Gasteiger partial charge in [0.15, 0.2) is 30.0 Å². The summed E-state index contributed by atoms with van der Waals surface area (Å²) in [4.78, 5) is 25.6. The van der Waals surface area contributed by atoms with Gasteiger partial charge in [0.25, 0.3) is 0 Å². The summed E-state index contributed by atoms with van der Waals surface area (Å²) in [6, 6.07) is 9.60. The van der Waals surface area contributed by atoms with Crippen LogP contribution in [0.2, 0.25) is 0 Å². The number of aromatic hydroxyl groups is 3. The van der Waals surface area contributed by atoms with Gasteiger partial charge >= 0.3 is 11.9 Å². The summed E-state index contributed by atoms with van der Waals surface area (Å²) in [5.41, 5.74) is 1.43. The Hall–Kier alpha value is -3.68. The van der Waals surface area contributed by atoms with Crippen LogP contribution in [-0.4, -0.2) is 93.1 Å². The summed E-state index contributed by atoms with van der Waals surface area (Å²) in [5.74, 6) is -2.43. The molecule has 0 unspecified atom stereocenters. The first-order chi connectivity index (χ1) is 18.6. The molecule has 1 fully saturated rings. The highest BCUT2D eigenvalue weighted by Crippen LogP contribution is 2.29. The van der Waals surface area contributed by atoms with E-state index in [1.165, 1.54) is 48.5 Å². The second-order valence-corrected chi connectivity index (χ2v) is 9.01. The topological polar surface area (TPSA) is 192 Å². The maximum atomic E-state index is 12.9. The van der Waals surface area contributed by atoms with Crippen molar-refractivity contribution in [2.75, 3.05) is 19.8 Å². The lowest BCUT2D eigenvalue weighted by Crippen LogP contribution is -2.62. The van der Waals surface area contributed by atoms with Crippen LogP contribution in [0.4, 0.5) is 0 Å². The molecule has 0 bridgehead atoms. The Labute approximate surface area is 224 Å². The van der Waals surface area contributed by atoms with E-state index in [1.54, 1.807) is 6.92 Å². The SMILES string of the molecule is C/C(=C\CO)CO[C@@H]1O[C@H](CO)[C@@H](O)[C@H](OC(=O)Cc2ccc(O)cc2)[C@H]1OC(=O)Cc1ccc(O)c(O)c1. The van der Waals surface area contributed by atoms with Gasteiger partial charge in [-0.25, -0.2) is 0 Å². The molecule has 0 radical (unpaired) electrons. The molecule has 5 atom stereocenters. The lowest BCUT2D eigenvalue weighted by atomic mass is 9.98. The molecule has 1 heterocycles. The molecule has 1 saturated heterocycles. The summed E-state index contributed by atoms with van der Waals surface area (Å²) >= 11 is 0. The average Bonchev–Trinajstić information content (AvgIpc) is 2.89. The molecule has 0 spiro atoms. The van der Waals surface area contributed by atoms with E-state index in [-0.39, 0.29) is 37.6 Å². The number of rotatable bonds is 11. The minimum Gasteiger partial charge on any atom is -0.508 e. The van der Waals surface area contributed by atoms with Crippen LogP contribution >= 0.6 is 0 Å². The first kappa shape index (κ1) is 29.9. The van der Waals surface area contributed by atoms with E-state index in [2.05, 4.69) is 0 Å². The molecule has 3 rings (SSSR count). The molecule has 0 aliphatic carbocycles. The fourth-order valence-electron chi connectivity index (χ4n) is 3.88. The third kappa shape index (κ3) is 8.40. The number of aliphatic hydroxyl groups is 3. The Kier molecular flexibility index (Phi) is 10.7. The van der Waals surface area contributed by atoms with Crippen molar-refractivity contribution >= 4 is 11.9 Å². The van der Waals surface area contributed by atoms with E-state index in [4.69, 9.17) is 24.1 Å². The Balaban J connectivity index is 1.83. The zero-order valence-electron chi connectivity index (χ0n) is 21.2. The van der Waals surface area contributed by atoms with Gasteiger partial charge in [0.1, 0.15) is 18.0 Å². The summed E-state index contributed by atoms with van der Waals surface area (Å²) in [5, 5.41) is 58.4. The molecule has 2 aromatic carbocycles. The van der Waals surface area contributed by atoms with E-state index in [0.717, 1.165) is 0 Å². The van der Waals surface area contributed by atoms with E-state index >= 15 is 0 Å². The van der Waals surface area contributed by atoms with Gasteiger partial charge in [-0.2, -0.15) is 0 Å². The first-order valence-electron chi connectivity index (χ1n) is 12.1. The van der Waals surface area contributed by atoms with E-state index < -0.39 is 55.0 Å². The predicted octanol–water partition coefficient (Wildman–Crippen LogP) is 0.445. The van der Waals surface area contributed by atoms with Crippen molar-refractivity contribution in [3.8, 4) is 17.2 Å². The van der Waals surface area contributed by atoms with Crippen LogP contribution < -0.4 is 0 Å². The third-order valence-corrected chi connectivity index (χ3v) is 5.92. The Bertz CT molecular complexity index is 1150. The number of carbonyl (C=O) groups is 2. The molecule has 1 aliphatic heterocycles. The quantitative estimate of drug-likeness (QED) is 0.129. The standard InChI is InChI=1S/C27H32O12/c1-15(8-9-28)14-36-27-26(39-23(34)12-17-4-7-19(31)20(32)10-17)25(24(35)21(13-29)37-27)38-22(33)11-16-2-5-18(30)6-3-16/h2-8,10,21,24-32,35H,9,11-14H2,1H3/b15-8+/t21-,24-,25+,26-,27-/m1/s1. The highest BCUT2D eigenvalue weighted by molar-refractivity contribution is 5.74. The van der Waals surface area contributed by atoms with Crippen molar-refractivity contribution in [2.24, 2.45) is 0 Å². The zero-order chi connectivity index (χ0) is 28.5. The molecule has 1 aliphatic rings. The van der Waals surface area contributed by atoms with Crippen LogP contribution in [0.3, 0.4) is 0 Å². The van der Waals surface area contributed by atoms with Crippen LogP contribution in [0.25, 0.3) is 0 Å². The fraction of sp³-hybridized carbons (Fsp3) is 0.407. The monoisotopic (exact) mass is 548 g/mol. The van der Waals surface area contributed by atoms with Gasteiger partial charge < -0.3 is 49.6 Å². The number of ether oxygens (including phenoxy) is 4. The summed E-state index contributed by atoms with van der Waals surface area (Å²) in [6.07, 6.45) is -6.28. The molecular formula is C27H32O12. The highest BCUT2D eigenvalue weighted by atomic mass is 16.7. The number of hydrogen-bond donors (Lipinski definition) is 6. The number of phenolic OH excluding ortho intramolecular Hbond substituents is 3. The Morgan fingerprint density at radius 1 is 0.897 bits per heavy atom.